The molecule has 110 valence electrons. The van der Waals surface area contributed by atoms with Crippen LogP contribution in [-0.4, -0.2) is 25.8 Å². The standard InChI is InChI=1S/C15H18N4O2/c1-3-11-13(8-19(2)18-11)17-14-10(15(20)21)7-9-5-4-6-12(9)16-14/h7-8H,3-6H2,1-2H3,(H,16,17)(H,20,21). The van der Waals surface area contributed by atoms with Gasteiger partial charge in [-0.05, 0) is 37.3 Å². The molecule has 2 aromatic rings. The zero-order valence-corrected chi connectivity index (χ0v) is 12.2. The lowest BCUT2D eigenvalue weighted by atomic mass is 10.1. The number of nitrogens with zero attached hydrogens (tertiary/aromatic N) is 3. The molecule has 2 heterocycles. The molecule has 0 saturated heterocycles. The van der Waals surface area contributed by atoms with Crippen molar-refractivity contribution >= 4 is 17.5 Å². The van der Waals surface area contributed by atoms with Crippen molar-refractivity contribution in [2.45, 2.75) is 32.6 Å². The number of carboxylic acids is 1. The zero-order valence-electron chi connectivity index (χ0n) is 12.2. The number of hydrogen-bond acceptors (Lipinski definition) is 4. The van der Waals surface area contributed by atoms with Crippen molar-refractivity contribution in [3.8, 4) is 0 Å². The van der Waals surface area contributed by atoms with Gasteiger partial charge in [-0.25, -0.2) is 9.78 Å². The minimum atomic E-state index is -0.957. The normalized spacial score (nSPS) is 13.2. The second-order valence-electron chi connectivity index (χ2n) is 5.29. The van der Waals surface area contributed by atoms with Gasteiger partial charge in [-0.1, -0.05) is 6.92 Å². The number of aromatic carboxylic acids is 1. The molecule has 0 aliphatic heterocycles. The predicted octanol–water partition coefficient (Wildman–Crippen LogP) is 2.31. The maximum Gasteiger partial charge on any atom is 0.339 e. The summed E-state index contributed by atoms with van der Waals surface area (Å²) in [6, 6.07) is 1.75. The van der Waals surface area contributed by atoms with Crippen molar-refractivity contribution in [1.29, 1.82) is 0 Å². The third kappa shape index (κ3) is 2.49. The fraction of sp³-hybridized carbons (Fsp3) is 0.400. The predicted molar refractivity (Wildman–Crippen MR) is 79.1 cm³/mol. The first-order valence-electron chi connectivity index (χ1n) is 7.14. The van der Waals surface area contributed by atoms with Gasteiger partial charge < -0.3 is 10.4 Å². The molecule has 0 saturated carbocycles. The van der Waals surface area contributed by atoms with E-state index in [1.165, 1.54) is 0 Å². The molecular weight excluding hydrogens is 268 g/mol. The molecule has 1 aliphatic rings. The third-order valence-corrected chi connectivity index (χ3v) is 3.77. The van der Waals surface area contributed by atoms with Crippen LogP contribution < -0.4 is 5.32 Å². The molecule has 3 rings (SSSR count). The molecule has 0 unspecified atom stereocenters. The molecule has 21 heavy (non-hydrogen) atoms. The van der Waals surface area contributed by atoms with Gasteiger partial charge in [0.25, 0.3) is 0 Å². The molecule has 2 N–H and O–H groups in total. The Morgan fingerprint density at radius 1 is 1.48 bits per heavy atom. The summed E-state index contributed by atoms with van der Waals surface area (Å²) in [4.78, 5) is 16.0. The van der Waals surface area contributed by atoms with E-state index in [0.29, 0.717) is 5.82 Å². The Balaban J connectivity index is 2.03. The molecule has 0 atom stereocenters. The van der Waals surface area contributed by atoms with Gasteiger partial charge in [0, 0.05) is 18.9 Å². The van der Waals surface area contributed by atoms with E-state index in [9.17, 15) is 9.90 Å². The van der Waals surface area contributed by atoms with E-state index in [2.05, 4.69) is 15.4 Å². The summed E-state index contributed by atoms with van der Waals surface area (Å²) in [6.45, 7) is 2.02. The summed E-state index contributed by atoms with van der Waals surface area (Å²) >= 11 is 0. The summed E-state index contributed by atoms with van der Waals surface area (Å²) in [5.41, 5.74) is 4.00. The molecule has 0 radical (unpaired) electrons. The van der Waals surface area contributed by atoms with Crippen molar-refractivity contribution in [2.75, 3.05) is 5.32 Å². The second kappa shape index (κ2) is 5.20. The first-order chi connectivity index (χ1) is 10.1. The van der Waals surface area contributed by atoms with Gasteiger partial charge in [0.1, 0.15) is 11.4 Å². The van der Waals surface area contributed by atoms with Crippen LogP contribution in [-0.2, 0) is 26.3 Å². The van der Waals surface area contributed by atoms with E-state index >= 15 is 0 Å². The minimum absolute atomic E-state index is 0.224. The highest BCUT2D eigenvalue weighted by atomic mass is 16.4. The van der Waals surface area contributed by atoms with Crippen LogP contribution in [0.25, 0.3) is 0 Å². The smallest absolute Gasteiger partial charge is 0.339 e. The van der Waals surface area contributed by atoms with Gasteiger partial charge in [-0.15, -0.1) is 0 Å². The summed E-state index contributed by atoms with van der Waals surface area (Å²) in [7, 11) is 1.85. The Hall–Kier alpha value is -2.37. The van der Waals surface area contributed by atoms with Crippen molar-refractivity contribution < 1.29 is 9.90 Å². The number of nitrogens with one attached hydrogen (secondary N) is 1. The van der Waals surface area contributed by atoms with Crippen molar-refractivity contribution in [3.63, 3.8) is 0 Å². The van der Waals surface area contributed by atoms with Crippen LogP contribution in [0.4, 0.5) is 11.5 Å². The van der Waals surface area contributed by atoms with Gasteiger partial charge in [-0.2, -0.15) is 5.10 Å². The van der Waals surface area contributed by atoms with E-state index in [-0.39, 0.29) is 5.56 Å². The Morgan fingerprint density at radius 3 is 3.00 bits per heavy atom. The fourth-order valence-corrected chi connectivity index (χ4v) is 2.76. The summed E-state index contributed by atoms with van der Waals surface area (Å²) in [5, 5.41) is 16.9. The summed E-state index contributed by atoms with van der Waals surface area (Å²) < 4.78 is 1.72. The lowest BCUT2D eigenvalue weighted by molar-refractivity contribution is 0.0697. The molecule has 0 bridgehead atoms. The van der Waals surface area contributed by atoms with Gasteiger partial charge in [0.2, 0.25) is 0 Å². The van der Waals surface area contributed by atoms with Crippen LogP contribution in [0.2, 0.25) is 0 Å². The molecule has 2 aromatic heterocycles. The van der Waals surface area contributed by atoms with E-state index in [1.807, 2.05) is 20.2 Å². The van der Waals surface area contributed by atoms with E-state index in [4.69, 9.17) is 0 Å². The Bertz CT molecular complexity index is 706. The highest BCUT2D eigenvalue weighted by molar-refractivity contribution is 5.94. The van der Waals surface area contributed by atoms with Gasteiger partial charge >= 0.3 is 5.97 Å². The monoisotopic (exact) mass is 286 g/mol. The van der Waals surface area contributed by atoms with Crippen LogP contribution in [0.1, 0.15) is 40.7 Å². The Labute approximate surface area is 122 Å². The maximum absolute atomic E-state index is 11.5. The van der Waals surface area contributed by atoms with Crippen molar-refractivity contribution in [2.24, 2.45) is 7.05 Å². The fourth-order valence-electron chi connectivity index (χ4n) is 2.76. The van der Waals surface area contributed by atoms with Crippen LogP contribution in [0.5, 0.6) is 0 Å². The Kier molecular flexibility index (Phi) is 3.37. The van der Waals surface area contributed by atoms with Crippen molar-refractivity contribution in [3.05, 3.63) is 34.8 Å². The maximum atomic E-state index is 11.5. The Morgan fingerprint density at radius 2 is 2.29 bits per heavy atom. The van der Waals surface area contributed by atoms with E-state index < -0.39 is 5.97 Å². The number of aromatic nitrogens is 3. The average Bonchev–Trinajstić information content (AvgIpc) is 3.03. The highest BCUT2D eigenvalue weighted by Crippen LogP contribution is 2.28. The molecule has 1 aliphatic carbocycles. The molecule has 0 amide bonds. The van der Waals surface area contributed by atoms with Gasteiger partial charge in [-0.3, -0.25) is 4.68 Å². The molecule has 0 aromatic carbocycles. The molecular formula is C15H18N4O2. The molecule has 0 spiro atoms. The van der Waals surface area contributed by atoms with Crippen molar-refractivity contribution in [1.82, 2.24) is 14.8 Å². The van der Waals surface area contributed by atoms with Crippen LogP contribution in [0.3, 0.4) is 0 Å². The molecule has 6 nitrogen and oxygen atoms in total. The largest absolute Gasteiger partial charge is 0.478 e. The average molecular weight is 286 g/mol. The third-order valence-electron chi connectivity index (χ3n) is 3.77. The summed E-state index contributed by atoms with van der Waals surface area (Å²) in [6.07, 6.45) is 5.49. The minimum Gasteiger partial charge on any atom is -0.478 e. The van der Waals surface area contributed by atoms with Crippen LogP contribution >= 0.6 is 0 Å². The first-order valence-corrected chi connectivity index (χ1v) is 7.14. The first kappa shape index (κ1) is 13.6. The quantitative estimate of drug-likeness (QED) is 0.901. The highest BCUT2D eigenvalue weighted by Gasteiger charge is 2.21. The van der Waals surface area contributed by atoms with Crippen LogP contribution in [0, 0.1) is 0 Å². The second-order valence-corrected chi connectivity index (χ2v) is 5.29. The van der Waals surface area contributed by atoms with Crippen LogP contribution in [0.15, 0.2) is 12.3 Å². The number of pyridine rings is 1. The number of carbonyl (C=O) groups is 1. The lowest BCUT2D eigenvalue weighted by Crippen LogP contribution is -2.08. The number of rotatable bonds is 4. The lowest BCUT2D eigenvalue weighted by Gasteiger charge is -2.10. The van der Waals surface area contributed by atoms with Gasteiger partial charge in [0.15, 0.2) is 0 Å². The number of hydrogen-bond donors (Lipinski definition) is 2. The number of carboxylic acid groups (broad SMARTS) is 1. The SMILES string of the molecule is CCc1nn(C)cc1Nc1nc2c(cc1C(=O)O)CCC2. The molecule has 6 heteroatoms. The number of aryl methyl sites for hydroxylation is 4. The van der Waals surface area contributed by atoms with E-state index in [1.54, 1.807) is 10.7 Å². The topological polar surface area (TPSA) is 80.0 Å². The summed E-state index contributed by atoms with van der Waals surface area (Å²) in [5.74, 6) is -0.549. The zero-order chi connectivity index (χ0) is 15.0. The van der Waals surface area contributed by atoms with Gasteiger partial charge in [0.05, 0.1) is 11.4 Å². The number of anilines is 2. The number of fused-ring (bicyclic) bond motifs is 1. The molecule has 0 fully saturated rings. The van der Waals surface area contributed by atoms with E-state index in [0.717, 1.165) is 48.3 Å².